The van der Waals surface area contributed by atoms with Crippen LogP contribution in [0.1, 0.15) is 25.5 Å². The first-order chi connectivity index (χ1) is 8.86. The van der Waals surface area contributed by atoms with E-state index in [0.29, 0.717) is 11.5 Å². The Morgan fingerprint density at radius 1 is 1.42 bits per heavy atom. The smallest absolute Gasteiger partial charge is 0.240 e. The minimum atomic E-state index is -3.56. The molecule has 0 saturated heterocycles. The Morgan fingerprint density at radius 3 is 2.68 bits per heavy atom. The van der Waals surface area contributed by atoms with Gasteiger partial charge in [0.25, 0.3) is 0 Å². The van der Waals surface area contributed by atoms with Crippen molar-refractivity contribution < 1.29 is 12.6 Å². The van der Waals surface area contributed by atoms with Crippen molar-refractivity contribution in [2.24, 2.45) is 5.73 Å². The molecule has 0 saturated carbocycles. The molecule has 0 aromatic heterocycles. The van der Waals surface area contributed by atoms with Crippen LogP contribution in [-0.4, -0.2) is 30.7 Å². The lowest BCUT2D eigenvalue weighted by molar-refractivity contribution is 0.583. The molecule has 7 heteroatoms. The van der Waals surface area contributed by atoms with E-state index in [0.717, 1.165) is 5.56 Å². The number of rotatable bonds is 7. The monoisotopic (exact) mass is 304 g/mol. The molecule has 0 aliphatic heterocycles. The van der Waals surface area contributed by atoms with Crippen LogP contribution in [0.2, 0.25) is 0 Å². The van der Waals surface area contributed by atoms with Crippen LogP contribution < -0.4 is 10.5 Å². The molecule has 1 rings (SSSR count). The molecule has 0 aliphatic carbocycles. The summed E-state index contributed by atoms with van der Waals surface area (Å²) >= 11 is 0. The normalized spacial score (nSPS) is 15.1. The zero-order chi connectivity index (χ0) is 14.5. The van der Waals surface area contributed by atoms with Gasteiger partial charge in [-0.1, -0.05) is 19.1 Å². The highest BCUT2D eigenvalue weighted by atomic mass is 32.2. The Morgan fingerprint density at radius 2 is 2.11 bits per heavy atom. The van der Waals surface area contributed by atoms with Crippen molar-refractivity contribution >= 4 is 20.8 Å². The molecule has 108 valence electrons. The Balaban J connectivity index is 2.77. The fraction of sp³-hybridized carbons (Fsp3) is 0.500. The van der Waals surface area contributed by atoms with Gasteiger partial charge in [0.15, 0.2) is 0 Å². The lowest BCUT2D eigenvalue weighted by atomic mass is 10.1. The van der Waals surface area contributed by atoms with E-state index < -0.39 is 20.8 Å². The van der Waals surface area contributed by atoms with Gasteiger partial charge >= 0.3 is 0 Å². The standard InChI is InChI=1S/C12H20N2O3S2/c1-3-18(15)8-7-14-19(16,17)12-6-4-5-11(9-12)10(2)13/h4-6,9-10,14H,3,7-8,13H2,1-2H3. The van der Waals surface area contributed by atoms with Crippen molar-refractivity contribution in [1.29, 1.82) is 0 Å². The largest absolute Gasteiger partial charge is 0.324 e. The summed E-state index contributed by atoms with van der Waals surface area (Å²) in [6.07, 6.45) is 0. The van der Waals surface area contributed by atoms with E-state index in [1.165, 1.54) is 6.07 Å². The first-order valence-corrected chi connectivity index (χ1v) is 9.04. The van der Waals surface area contributed by atoms with Gasteiger partial charge in [0.2, 0.25) is 10.0 Å². The topological polar surface area (TPSA) is 89.3 Å². The summed E-state index contributed by atoms with van der Waals surface area (Å²) in [5.41, 5.74) is 6.49. The average molecular weight is 304 g/mol. The van der Waals surface area contributed by atoms with Gasteiger partial charge in [0.05, 0.1) is 4.90 Å². The van der Waals surface area contributed by atoms with E-state index in [9.17, 15) is 12.6 Å². The summed E-state index contributed by atoms with van der Waals surface area (Å²) < 4.78 is 37.7. The van der Waals surface area contributed by atoms with E-state index in [1.807, 2.05) is 0 Å². The van der Waals surface area contributed by atoms with Crippen molar-refractivity contribution in [3.05, 3.63) is 29.8 Å². The minimum Gasteiger partial charge on any atom is -0.324 e. The fourth-order valence-corrected chi connectivity index (χ4v) is 3.32. The maximum absolute atomic E-state index is 12.0. The molecule has 1 aromatic carbocycles. The lowest BCUT2D eigenvalue weighted by Gasteiger charge is -2.10. The van der Waals surface area contributed by atoms with Crippen LogP contribution in [0.15, 0.2) is 29.2 Å². The molecule has 0 heterocycles. The van der Waals surface area contributed by atoms with Crippen LogP contribution in [0.3, 0.4) is 0 Å². The third-order valence-corrected chi connectivity index (χ3v) is 5.40. The second-order valence-electron chi connectivity index (χ2n) is 4.19. The molecule has 19 heavy (non-hydrogen) atoms. The van der Waals surface area contributed by atoms with Crippen molar-refractivity contribution in [3.63, 3.8) is 0 Å². The van der Waals surface area contributed by atoms with Gasteiger partial charge in [0.1, 0.15) is 0 Å². The molecule has 0 fully saturated rings. The zero-order valence-corrected chi connectivity index (χ0v) is 12.8. The van der Waals surface area contributed by atoms with Crippen molar-refractivity contribution in [2.45, 2.75) is 24.8 Å². The highest BCUT2D eigenvalue weighted by Crippen LogP contribution is 2.15. The van der Waals surface area contributed by atoms with Gasteiger partial charge in [-0.15, -0.1) is 0 Å². The average Bonchev–Trinajstić information content (AvgIpc) is 2.38. The summed E-state index contributed by atoms with van der Waals surface area (Å²) in [6.45, 7) is 3.77. The summed E-state index contributed by atoms with van der Waals surface area (Å²) in [5.74, 6) is 0.852. The Bertz CT molecular complexity index is 542. The molecule has 2 unspecified atom stereocenters. The zero-order valence-electron chi connectivity index (χ0n) is 11.1. The number of nitrogens with two attached hydrogens (primary N) is 1. The van der Waals surface area contributed by atoms with E-state index in [-0.39, 0.29) is 17.5 Å². The molecular weight excluding hydrogens is 284 g/mol. The van der Waals surface area contributed by atoms with Gasteiger partial charge in [-0.25, -0.2) is 13.1 Å². The van der Waals surface area contributed by atoms with Crippen LogP contribution in [-0.2, 0) is 20.8 Å². The second kappa shape index (κ2) is 7.14. The van der Waals surface area contributed by atoms with Crippen molar-refractivity contribution in [3.8, 4) is 0 Å². The lowest BCUT2D eigenvalue weighted by Crippen LogP contribution is -2.28. The number of hydrogen-bond donors (Lipinski definition) is 2. The fourth-order valence-electron chi connectivity index (χ4n) is 1.48. The third kappa shape index (κ3) is 5.02. The van der Waals surface area contributed by atoms with Gasteiger partial charge in [-0.2, -0.15) is 0 Å². The van der Waals surface area contributed by atoms with Gasteiger partial charge in [0, 0.05) is 34.9 Å². The van der Waals surface area contributed by atoms with E-state index in [2.05, 4.69) is 4.72 Å². The van der Waals surface area contributed by atoms with E-state index in [1.54, 1.807) is 32.0 Å². The second-order valence-corrected chi connectivity index (χ2v) is 7.82. The van der Waals surface area contributed by atoms with Crippen LogP contribution in [0.4, 0.5) is 0 Å². The Kier molecular flexibility index (Phi) is 6.12. The summed E-state index contributed by atoms with van der Waals surface area (Å²) in [4.78, 5) is 0.185. The van der Waals surface area contributed by atoms with Crippen LogP contribution in [0, 0.1) is 0 Å². The molecule has 0 radical (unpaired) electrons. The SMILES string of the molecule is CCS(=O)CCNS(=O)(=O)c1cccc(C(C)N)c1. The van der Waals surface area contributed by atoms with Crippen molar-refractivity contribution in [2.75, 3.05) is 18.1 Å². The number of nitrogens with one attached hydrogen (secondary N) is 1. The predicted molar refractivity (Wildman–Crippen MR) is 77.8 cm³/mol. The number of sulfonamides is 1. The highest BCUT2D eigenvalue weighted by molar-refractivity contribution is 7.89. The van der Waals surface area contributed by atoms with Gasteiger partial charge < -0.3 is 5.73 Å². The Labute approximate surface area is 117 Å². The van der Waals surface area contributed by atoms with Crippen LogP contribution in [0.5, 0.6) is 0 Å². The maximum Gasteiger partial charge on any atom is 0.240 e. The number of benzene rings is 1. The summed E-state index contributed by atoms with van der Waals surface area (Å²) in [7, 11) is -4.54. The molecule has 1 aromatic rings. The molecule has 0 bridgehead atoms. The first-order valence-electron chi connectivity index (χ1n) is 6.07. The number of hydrogen-bond acceptors (Lipinski definition) is 4. The van der Waals surface area contributed by atoms with Crippen molar-refractivity contribution in [1.82, 2.24) is 4.72 Å². The summed E-state index contributed by atoms with van der Waals surface area (Å²) in [5, 5.41) is 0. The van der Waals surface area contributed by atoms with Crippen LogP contribution in [0.25, 0.3) is 0 Å². The molecule has 5 nitrogen and oxygen atoms in total. The molecule has 2 atom stereocenters. The molecule has 0 aliphatic rings. The molecule has 0 amide bonds. The molecule has 0 spiro atoms. The van der Waals surface area contributed by atoms with E-state index >= 15 is 0 Å². The Hall–Kier alpha value is -0.760. The van der Waals surface area contributed by atoms with Gasteiger partial charge in [-0.05, 0) is 24.6 Å². The molecular formula is C12H20N2O3S2. The van der Waals surface area contributed by atoms with Gasteiger partial charge in [-0.3, -0.25) is 4.21 Å². The predicted octanol–water partition coefficient (Wildman–Crippen LogP) is 0.753. The highest BCUT2D eigenvalue weighted by Gasteiger charge is 2.14. The summed E-state index contributed by atoms with van der Waals surface area (Å²) in [6, 6.07) is 6.31. The minimum absolute atomic E-state index is 0.172. The quantitative estimate of drug-likeness (QED) is 0.778. The molecule has 3 N–H and O–H groups in total. The van der Waals surface area contributed by atoms with E-state index in [4.69, 9.17) is 5.73 Å². The third-order valence-electron chi connectivity index (χ3n) is 2.64. The maximum atomic E-state index is 12.0. The van der Waals surface area contributed by atoms with Crippen LogP contribution >= 0.6 is 0 Å². The first kappa shape index (κ1) is 16.3.